The number of rotatable bonds is 5. The van der Waals surface area contributed by atoms with Gasteiger partial charge in [0, 0.05) is 47.1 Å². The van der Waals surface area contributed by atoms with Crippen LogP contribution in [0.25, 0.3) is 0 Å². The van der Waals surface area contributed by atoms with E-state index in [0.29, 0.717) is 22.7 Å². The maximum Gasteiger partial charge on any atom is 0.256 e. The fourth-order valence-electron chi connectivity index (χ4n) is 4.19. The lowest BCUT2D eigenvalue weighted by Gasteiger charge is -2.19. The van der Waals surface area contributed by atoms with Crippen LogP contribution < -0.4 is 10.2 Å². The first kappa shape index (κ1) is 21.1. The molecule has 7 heteroatoms. The standard InChI is InChI=1S/C26H20ClFN4O/c27-19-13-18(14-20(28)16-19)12-17-4-10-30-25(15-17)32-11-7-22-23(2-1-3-24(22)32)26(33)31-21-5-8-29-9-6-21/h1-6,8-10,13-16H,7,11-12H2,(H,29,31,33). The molecule has 0 radical (unpaired) electrons. The topological polar surface area (TPSA) is 58.1 Å². The lowest BCUT2D eigenvalue weighted by Crippen LogP contribution is -2.15. The summed E-state index contributed by atoms with van der Waals surface area (Å²) in [4.78, 5) is 23.6. The van der Waals surface area contributed by atoms with E-state index < -0.39 is 0 Å². The molecule has 1 aliphatic heterocycles. The SMILES string of the molecule is O=C(Nc1ccncc1)c1cccc2c1CCN2c1cc(Cc2cc(F)cc(Cl)c2)ccn1. The van der Waals surface area contributed by atoms with Crippen LogP contribution in [-0.2, 0) is 12.8 Å². The largest absolute Gasteiger partial charge is 0.326 e. The van der Waals surface area contributed by atoms with Gasteiger partial charge in [0.1, 0.15) is 11.6 Å². The molecule has 4 aromatic rings. The number of carbonyl (C=O) groups is 1. The Morgan fingerprint density at radius 3 is 2.70 bits per heavy atom. The molecule has 0 fully saturated rings. The van der Waals surface area contributed by atoms with Crippen molar-refractivity contribution in [1.29, 1.82) is 0 Å². The molecule has 0 unspecified atom stereocenters. The van der Waals surface area contributed by atoms with Crippen LogP contribution >= 0.6 is 11.6 Å². The summed E-state index contributed by atoms with van der Waals surface area (Å²) in [6, 6.07) is 17.7. The second-order valence-electron chi connectivity index (χ2n) is 7.87. The summed E-state index contributed by atoms with van der Waals surface area (Å²) in [5, 5.41) is 3.31. The number of pyridine rings is 2. The average Bonchev–Trinajstić information content (AvgIpc) is 3.23. The summed E-state index contributed by atoms with van der Waals surface area (Å²) in [7, 11) is 0. The highest BCUT2D eigenvalue weighted by molar-refractivity contribution is 6.30. The van der Waals surface area contributed by atoms with Crippen molar-refractivity contribution in [3.05, 3.63) is 112 Å². The van der Waals surface area contributed by atoms with Gasteiger partial charge < -0.3 is 10.2 Å². The van der Waals surface area contributed by atoms with Crippen molar-refractivity contribution in [3.8, 4) is 0 Å². The number of carbonyl (C=O) groups excluding carboxylic acids is 1. The molecule has 2 aromatic heterocycles. The molecule has 0 atom stereocenters. The third-order valence-electron chi connectivity index (χ3n) is 5.63. The smallest absolute Gasteiger partial charge is 0.256 e. The zero-order valence-electron chi connectivity index (χ0n) is 17.6. The highest BCUT2D eigenvalue weighted by atomic mass is 35.5. The van der Waals surface area contributed by atoms with E-state index in [4.69, 9.17) is 11.6 Å². The predicted octanol–water partition coefficient (Wildman–Crippen LogP) is 5.81. The van der Waals surface area contributed by atoms with Crippen LogP contribution in [-0.4, -0.2) is 22.4 Å². The Morgan fingerprint density at radius 1 is 1.03 bits per heavy atom. The summed E-state index contributed by atoms with van der Waals surface area (Å²) in [6.45, 7) is 0.719. The average molecular weight is 459 g/mol. The zero-order valence-corrected chi connectivity index (χ0v) is 18.4. The molecule has 0 saturated carbocycles. The third-order valence-corrected chi connectivity index (χ3v) is 5.85. The Balaban J connectivity index is 1.40. The molecule has 1 amide bonds. The first-order valence-electron chi connectivity index (χ1n) is 10.6. The van der Waals surface area contributed by atoms with Crippen molar-refractivity contribution in [2.45, 2.75) is 12.8 Å². The van der Waals surface area contributed by atoms with Gasteiger partial charge in [0.2, 0.25) is 0 Å². The molecule has 5 nitrogen and oxygen atoms in total. The van der Waals surface area contributed by atoms with Crippen LogP contribution in [0.2, 0.25) is 5.02 Å². The number of hydrogen-bond donors (Lipinski definition) is 1. The van der Waals surface area contributed by atoms with Gasteiger partial charge >= 0.3 is 0 Å². The number of aromatic nitrogens is 2. The molecule has 2 aromatic carbocycles. The molecule has 0 aliphatic carbocycles. The van der Waals surface area contributed by atoms with Crippen molar-refractivity contribution in [1.82, 2.24) is 9.97 Å². The summed E-state index contributed by atoms with van der Waals surface area (Å²) in [6.07, 6.45) is 6.32. The normalized spacial score (nSPS) is 12.5. The lowest BCUT2D eigenvalue weighted by molar-refractivity contribution is 0.102. The molecule has 33 heavy (non-hydrogen) atoms. The Hall–Kier alpha value is -3.77. The Morgan fingerprint density at radius 2 is 1.88 bits per heavy atom. The van der Waals surface area contributed by atoms with Crippen LogP contribution in [0.3, 0.4) is 0 Å². The number of nitrogens with one attached hydrogen (secondary N) is 1. The van der Waals surface area contributed by atoms with Gasteiger partial charge in [-0.15, -0.1) is 0 Å². The molecule has 0 saturated heterocycles. The minimum absolute atomic E-state index is 0.149. The number of anilines is 3. The molecule has 1 aliphatic rings. The summed E-state index contributed by atoms with van der Waals surface area (Å²) >= 11 is 6.00. The maximum absolute atomic E-state index is 13.7. The van der Waals surface area contributed by atoms with Gasteiger partial charge in [0.15, 0.2) is 0 Å². The summed E-state index contributed by atoms with van der Waals surface area (Å²) in [5.74, 6) is 0.294. The molecule has 5 rings (SSSR count). The molecule has 1 N–H and O–H groups in total. The van der Waals surface area contributed by atoms with Crippen molar-refractivity contribution in [3.63, 3.8) is 0 Å². The van der Waals surface area contributed by atoms with Crippen molar-refractivity contribution >= 4 is 34.7 Å². The predicted molar refractivity (Wildman–Crippen MR) is 128 cm³/mol. The third kappa shape index (κ3) is 4.56. The number of nitrogens with zero attached hydrogens (tertiary/aromatic N) is 3. The number of halogens is 2. The maximum atomic E-state index is 13.7. The first-order valence-corrected chi connectivity index (χ1v) is 11.0. The number of amides is 1. The van der Waals surface area contributed by atoms with Gasteiger partial charge in [-0.2, -0.15) is 0 Å². The van der Waals surface area contributed by atoms with Gasteiger partial charge in [-0.05, 0) is 84.1 Å². The van der Waals surface area contributed by atoms with E-state index in [1.807, 2.05) is 30.3 Å². The van der Waals surface area contributed by atoms with Gasteiger partial charge in [-0.3, -0.25) is 9.78 Å². The monoisotopic (exact) mass is 458 g/mol. The van der Waals surface area contributed by atoms with E-state index in [1.54, 1.807) is 36.8 Å². The lowest BCUT2D eigenvalue weighted by atomic mass is 10.0. The van der Waals surface area contributed by atoms with E-state index in [0.717, 1.165) is 41.2 Å². The van der Waals surface area contributed by atoms with Gasteiger partial charge in [-0.25, -0.2) is 9.37 Å². The number of benzene rings is 2. The Kier molecular flexibility index (Phi) is 5.75. The molecule has 164 valence electrons. The van der Waals surface area contributed by atoms with Gasteiger partial charge in [-0.1, -0.05) is 17.7 Å². The van der Waals surface area contributed by atoms with Crippen LogP contribution in [0, 0.1) is 5.82 Å². The van der Waals surface area contributed by atoms with Crippen molar-refractivity contribution in [2.75, 3.05) is 16.8 Å². The minimum Gasteiger partial charge on any atom is -0.326 e. The Bertz CT molecular complexity index is 1310. The van der Waals surface area contributed by atoms with Crippen LogP contribution in [0.15, 0.2) is 79.3 Å². The number of fused-ring (bicyclic) bond motifs is 1. The molecule has 0 bridgehead atoms. The zero-order chi connectivity index (χ0) is 22.8. The van der Waals surface area contributed by atoms with E-state index in [-0.39, 0.29) is 11.7 Å². The highest BCUT2D eigenvalue weighted by Crippen LogP contribution is 2.36. The molecule has 0 spiro atoms. The Labute approximate surface area is 195 Å². The summed E-state index contributed by atoms with van der Waals surface area (Å²) < 4.78 is 13.7. The van der Waals surface area contributed by atoms with Crippen molar-refractivity contribution < 1.29 is 9.18 Å². The van der Waals surface area contributed by atoms with Crippen LogP contribution in [0.4, 0.5) is 21.6 Å². The van der Waals surface area contributed by atoms with E-state index in [2.05, 4.69) is 20.2 Å². The van der Waals surface area contributed by atoms with E-state index in [1.165, 1.54) is 12.1 Å². The minimum atomic E-state index is -0.349. The quantitative estimate of drug-likeness (QED) is 0.410. The first-order chi connectivity index (χ1) is 16.1. The van der Waals surface area contributed by atoms with Crippen LogP contribution in [0.1, 0.15) is 27.0 Å². The fraction of sp³-hybridized carbons (Fsp3) is 0.115. The second-order valence-corrected chi connectivity index (χ2v) is 8.31. The van der Waals surface area contributed by atoms with Gasteiger partial charge in [0.05, 0.1) is 0 Å². The molecular weight excluding hydrogens is 439 g/mol. The highest BCUT2D eigenvalue weighted by Gasteiger charge is 2.26. The van der Waals surface area contributed by atoms with E-state index >= 15 is 0 Å². The van der Waals surface area contributed by atoms with E-state index in [9.17, 15) is 9.18 Å². The van der Waals surface area contributed by atoms with Crippen LogP contribution in [0.5, 0.6) is 0 Å². The molecule has 3 heterocycles. The number of hydrogen-bond acceptors (Lipinski definition) is 4. The fourth-order valence-corrected chi connectivity index (χ4v) is 4.43. The van der Waals surface area contributed by atoms with Crippen molar-refractivity contribution in [2.24, 2.45) is 0 Å². The second kappa shape index (κ2) is 9.00. The van der Waals surface area contributed by atoms with Gasteiger partial charge in [0.25, 0.3) is 5.91 Å². The molecular formula is C26H20ClFN4O. The summed E-state index contributed by atoms with van der Waals surface area (Å²) in [5.41, 5.74) is 5.12.